The molecule has 1 aliphatic rings. The maximum absolute atomic E-state index is 12.9. The van der Waals surface area contributed by atoms with Gasteiger partial charge in [0.1, 0.15) is 5.82 Å². The predicted octanol–water partition coefficient (Wildman–Crippen LogP) is 2.62. The van der Waals surface area contributed by atoms with E-state index in [-0.39, 0.29) is 11.1 Å². The van der Waals surface area contributed by atoms with Crippen LogP contribution >= 0.6 is 23.5 Å². The van der Waals surface area contributed by atoms with Crippen LogP contribution in [0.15, 0.2) is 17.0 Å². The predicted molar refractivity (Wildman–Crippen MR) is 49.4 cm³/mol. The van der Waals surface area contributed by atoms with Gasteiger partial charge < -0.3 is 5.32 Å². The van der Waals surface area contributed by atoms with Crippen molar-refractivity contribution >= 4 is 35.3 Å². The minimum atomic E-state index is -0.539. The molecule has 1 heterocycles. The molecule has 2 rings (SSSR count). The summed E-state index contributed by atoms with van der Waals surface area (Å²) in [6.45, 7) is 0. The Bertz CT molecular complexity index is 385. The number of rotatable bonds is 0. The quantitative estimate of drug-likeness (QED) is 0.658. The van der Waals surface area contributed by atoms with Crippen LogP contribution in [0.3, 0.4) is 0 Å². The lowest BCUT2D eigenvalue weighted by Crippen LogP contribution is -2.27. The summed E-state index contributed by atoms with van der Waals surface area (Å²) in [7, 11) is 0. The van der Waals surface area contributed by atoms with Crippen molar-refractivity contribution in [2.24, 2.45) is 0 Å². The Morgan fingerprint density at radius 2 is 2.23 bits per heavy atom. The average Bonchev–Trinajstić information content (AvgIpc) is 2.08. The van der Waals surface area contributed by atoms with E-state index in [1.54, 1.807) is 0 Å². The molecule has 0 atom stereocenters. The summed E-state index contributed by atoms with van der Waals surface area (Å²) in [4.78, 5) is 11.5. The van der Waals surface area contributed by atoms with Gasteiger partial charge in [-0.05, 0) is 18.0 Å². The third kappa shape index (κ3) is 1.57. The number of benzene rings is 1. The molecule has 0 unspecified atom stereocenters. The minimum Gasteiger partial charge on any atom is -0.306 e. The smallest absolute Gasteiger partial charge is 0.306 e. The molecule has 0 aliphatic carbocycles. The molecule has 0 fully saturated rings. The van der Waals surface area contributed by atoms with Gasteiger partial charge in [-0.3, -0.25) is 4.72 Å². The molecule has 6 heteroatoms. The largest absolute Gasteiger partial charge is 0.329 e. The number of anilines is 1. The van der Waals surface area contributed by atoms with Gasteiger partial charge in [0.15, 0.2) is 0 Å². The molecule has 0 saturated carbocycles. The van der Waals surface area contributed by atoms with Crippen molar-refractivity contribution < 1.29 is 9.18 Å². The van der Waals surface area contributed by atoms with E-state index in [1.807, 2.05) is 0 Å². The van der Waals surface area contributed by atoms with Crippen LogP contribution in [0.25, 0.3) is 0 Å². The van der Waals surface area contributed by atoms with Crippen LogP contribution < -0.4 is 10.0 Å². The van der Waals surface area contributed by atoms with Gasteiger partial charge in [0.2, 0.25) is 0 Å². The Labute approximate surface area is 82.8 Å². The fourth-order valence-corrected chi connectivity index (χ4v) is 1.84. The fraction of sp³-hybridized carbons (Fsp3) is 0. The Kier molecular flexibility index (Phi) is 2.05. The normalized spacial score (nSPS) is 14.5. The maximum Gasteiger partial charge on any atom is 0.329 e. The third-order valence-corrected chi connectivity index (χ3v) is 2.66. The first-order valence-corrected chi connectivity index (χ1v) is 4.59. The zero-order valence-corrected chi connectivity index (χ0v) is 7.80. The summed E-state index contributed by atoms with van der Waals surface area (Å²) in [5.41, 5.74) is 0.440. The first-order chi connectivity index (χ1) is 6.16. The Morgan fingerprint density at radius 3 is 3.00 bits per heavy atom. The lowest BCUT2D eigenvalue weighted by Gasteiger charge is -2.16. The van der Waals surface area contributed by atoms with Crippen LogP contribution in [-0.2, 0) is 0 Å². The first kappa shape index (κ1) is 8.65. The molecule has 0 radical (unpaired) electrons. The van der Waals surface area contributed by atoms with Crippen molar-refractivity contribution in [1.82, 2.24) is 4.72 Å². The van der Waals surface area contributed by atoms with E-state index < -0.39 is 5.82 Å². The Hall–Kier alpha value is -0.940. The monoisotopic (exact) mass is 218 g/mol. The maximum atomic E-state index is 12.9. The zero-order valence-electron chi connectivity index (χ0n) is 6.23. The van der Waals surface area contributed by atoms with E-state index >= 15 is 0 Å². The second-order valence-electron chi connectivity index (χ2n) is 2.42. The van der Waals surface area contributed by atoms with Crippen LogP contribution in [0.4, 0.5) is 14.9 Å². The SMILES string of the molecule is O=C1NSc2cc(Cl)c(F)cc2N1. The molecule has 0 bridgehead atoms. The summed E-state index contributed by atoms with van der Waals surface area (Å²) in [6, 6.07) is 2.30. The van der Waals surface area contributed by atoms with Crippen molar-refractivity contribution in [3.63, 3.8) is 0 Å². The molecule has 0 saturated heterocycles. The van der Waals surface area contributed by atoms with Gasteiger partial charge in [0.05, 0.1) is 15.6 Å². The van der Waals surface area contributed by atoms with Crippen LogP contribution in [0.5, 0.6) is 0 Å². The van der Waals surface area contributed by atoms with E-state index in [0.717, 1.165) is 11.9 Å². The van der Waals surface area contributed by atoms with Crippen LogP contribution in [0.2, 0.25) is 5.02 Å². The van der Waals surface area contributed by atoms with Crippen molar-refractivity contribution in [3.8, 4) is 0 Å². The van der Waals surface area contributed by atoms with Gasteiger partial charge in [0, 0.05) is 6.07 Å². The van der Waals surface area contributed by atoms with E-state index in [0.29, 0.717) is 10.6 Å². The Balaban J connectivity index is 2.49. The number of nitrogens with one attached hydrogen (secondary N) is 2. The minimum absolute atomic E-state index is 0.0456. The highest BCUT2D eigenvalue weighted by Gasteiger charge is 2.16. The second kappa shape index (κ2) is 3.08. The van der Waals surface area contributed by atoms with Crippen molar-refractivity contribution in [3.05, 3.63) is 23.0 Å². The van der Waals surface area contributed by atoms with Crippen molar-refractivity contribution in [2.45, 2.75) is 4.90 Å². The van der Waals surface area contributed by atoms with Crippen molar-refractivity contribution in [2.75, 3.05) is 5.32 Å². The number of urea groups is 1. The highest BCUT2D eigenvalue weighted by molar-refractivity contribution is 7.98. The molecule has 3 nitrogen and oxygen atoms in total. The summed E-state index contributed by atoms with van der Waals surface area (Å²) < 4.78 is 15.4. The molecular formula is C7H4ClFN2OS. The van der Waals surface area contributed by atoms with Crippen LogP contribution in [0.1, 0.15) is 0 Å². The van der Waals surface area contributed by atoms with Crippen LogP contribution in [0, 0.1) is 5.82 Å². The molecule has 0 aromatic heterocycles. The molecule has 0 spiro atoms. The summed E-state index contributed by atoms with van der Waals surface area (Å²) in [5, 5.41) is 2.50. The number of hydrogen-bond acceptors (Lipinski definition) is 2. The lowest BCUT2D eigenvalue weighted by atomic mass is 10.3. The van der Waals surface area contributed by atoms with E-state index in [9.17, 15) is 9.18 Å². The molecule has 68 valence electrons. The summed E-state index contributed by atoms with van der Waals surface area (Å²) in [5.74, 6) is -0.539. The van der Waals surface area contributed by atoms with Gasteiger partial charge in [-0.2, -0.15) is 0 Å². The highest BCUT2D eigenvalue weighted by Crippen LogP contribution is 2.32. The van der Waals surface area contributed by atoms with Gasteiger partial charge in [0.25, 0.3) is 0 Å². The van der Waals surface area contributed by atoms with E-state index in [4.69, 9.17) is 11.6 Å². The number of halogens is 2. The van der Waals surface area contributed by atoms with Gasteiger partial charge in [-0.1, -0.05) is 11.6 Å². The van der Waals surface area contributed by atoms with Crippen LogP contribution in [-0.4, -0.2) is 6.03 Å². The molecule has 1 aliphatic heterocycles. The third-order valence-electron chi connectivity index (χ3n) is 1.52. The Morgan fingerprint density at radius 1 is 1.46 bits per heavy atom. The number of carbonyl (C=O) groups is 1. The second-order valence-corrected chi connectivity index (χ2v) is 3.68. The topological polar surface area (TPSA) is 41.1 Å². The highest BCUT2D eigenvalue weighted by atomic mass is 35.5. The number of fused-ring (bicyclic) bond motifs is 1. The lowest BCUT2D eigenvalue weighted by molar-refractivity contribution is 0.257. The molecule has 2 amide bonds. The van der Waals surface area contributed by atoms with E-state index in [2.05, 4.69) is 10.0 Å². The average molecular weight is 219 g/mol. The molecule has 13 heavy (non-hydrogen) atoms. The molecule has 2 N–H and O–H groups in total. The molecule has 1 aromatic rings. The molecular weight excluding hydrogens is 215 g/mol. The van der Waals surface area contributed by atoms with E-state index in [1.165, 1.54) is 12.1 Å². The fourth-order valence-electron chi connectivity index (χ4n) is 0.960. The van der Waals surface area contributed by atoms with Crippen molar-refractivity contribution in [1.29, 1.82) is 0 Å². The standard InChI is InChI=1S/C7H4ClFN2OS/c8-3-1-6-5(2-4(3)9)10-7(12)11-13-6/h1-2H,(H2,10,11,12). The summed E-state index contributed by atoms with van der Waals surface area (Å²) in [6.07, 6.45) is 0. The first-order valence-electron chi connectivity index (χ1n) is 3.40. The van der Waals surface area contributed by atoms with Gasteiger partial charge in [-0.25, -0.2) is 9.18 Å². The molecule has 1 aromatic carbocycles. The van der Waals surface area contributed by atoms with Gasteiger partial charge >= 0.3 is 6.03 Å². The number of carbonyl (C=O) groups excluding carboxylic acids is 1. The zero-order chi connectivity index (χ0) is 9.42. The number of amides is 2. The van der Waals surface area contributed by atoms with Gasteiger partial charge in [-0.15, -0.1) is 0 Å². The number of hydrogen-bond donors (Lipinski definition) is 2. The summed E-state index contributed by atoms with van der Waals surface area (Å²) >= 11 is 6.66.